The largest absolute Gasteiger partial charge is 0.489 e. The van der Waals surface area contributed by atoms with Crippen LogP contribution >= 0.6 is 11.6 Å². The molecule has 0 aliphatic carbocycles. The molecule has 2 aromatic carbocycles. The average Bonchev–Trinajstić information content (AvgIpc) is 2.60. The summed E-state index contributed by atoms with van der Waals surface area (Å²) in [6.45, 7) is 1.86. The summed E-state index contributed by atoms with van der Waals surface area (Å²) < 4.78 is 24.0. The van der Waals surface area contributed by atoms with Crippen molar-refractivity contribution in [2.45, 2.75) is 13.5 Å². The first kappa shape index (κ1) is 18.5. The van der Waals surface area contributed by atoms with Gasteiger partial charge < -0.3 is 9.47 Å². The van der Waals surface area contributed by atoms with E-state index in [4.69, 9.17) is 26.3 Å². The zero-order valence-corrected chi connectivity index (χ0v) is 14.2. The SMILES string of the molecule is CCOC(=O)/C(C#N)=C/c1ccc(OCc2c(F)cccc2Cl)cc1. The van der Waals surface area contributed by atoms with Crippen molar-refractivity contribution in [2.24, 2.45) is 0 Å². The molecule has 128 valence electrons. The molecule has 0 atom stereocenters. The van der Waals surface area contributed by atoms with Gasteiger partial charge in [-0.2, -0.15) is 5.26 Å². The second-order valence-corrected chi connectivity index (χ2v) is 5.36. The third-order valence-electron chi connectivity index (χ3n) is 3.25. The minimum absolute atomic E-state index is 0.00698. The number of hydrogen-bond acceptors (Lipinski definition) is 4. The van der Waals surface area contributed by atoms with Crippen LogP contribution in [0.2, 0.25) is 5.02 Å². The molecule has 6 heteroatoms. The fourth-order valence-corrected chi connectivity index (χ4v) is 2.22. The number of rotatable bonds is 6. The summed E-state index contributed by atoms with van der Waals surface area (Å²) in [4.78, 5) is 11.6. The van der Waals surface area contributed by atoms with Gasteiger partial charge in [-0.25, -0.2) is 9.18 Å². The fourth-order valence-electron chi connectivity index (χ4n) is 2.00. The molecular weight excluding hydrogens is 345 g/mol. The lowest BCUT2D eigenvalue weighted by Gasteiger charge is -2.09. The van der Waals surface area contributed by atoms with E-state index in [1.807, 2.05) is 6.07 Å². The maximum Gasteiger partial charge on any atom is 0.348 e. The molecule has 0 fully saturated rings. The van der Waals surface area contributed by atoms with Gasteiger partial charge in [-0.15, -0.1) is 0 Å². The first-order chi connectivity index (χ1) is 12.0. The van der Waals surface area contributed by atoms with E-state index in [0.29, 0.717) is 16.3 Å². The number of ether oxygens (including phenoxy) is 2. The molecule has 0 saturated heterocycles. The Morgan fingerprint density at radius 3 is 2.60 bits per heavy atom. The number of halogens is 2. The van der Waals surface area contributed by atoms with Crippen LogP contribution in [0.15, 0.2) is 48.0 Å². The molecule has 25 heavy (non-hydrogen) atoms. The van der Waals surface area contributed by atoms with Gasteiger partial charge in [-0.3, -0.25) is 0 Å². The van der Waals surface area contributed by atoms with E-state index in [9.17, 15) is 9.18 Å². The van der Waals surface area contributed by atoms with Crippen molar-refractivity contribution < 1.29 is 18.7 Å². The molecule has 0 aliphatic rings. The normalized spacial score (nSPS) is 10.9. The van der Waals surface area contributed by atoms with E-state index in [1.54, 1.807) is 37.3 Å². The van der Waals surface area contributed by atoms with Gasteiger partial charge in [0.25, 0.3) is 0 Å². The molecule has 0 heterocycles. The Kier molecular flexibility index (Phi) is 6.55. The minimum atomic E-state index is -0.667. The highest BCUT2D eigenvalue weighted by atomic mass is 35.5. The predicted octanol–water partition coefficient (Wildman–Crippen LogP) is 4.53. The molecule has 0 amide bonds. The first-order valence-corrected chi connectivity index (χ1v) is 7.87. The van der Waals surface area contributed by atoms with Gasteiger partial charge in [-0.05, 0) is 42.8 Å². The van der Waals surface area contributed by atoms with Crippen LogP contribution in [0, 0.1) is 17.1 Å². The van der Waals surface area contributed by atoms with Gasteiger partial charge in [0.2, 0.25) is 0 Å². The topological polar surface area (TPSA) is 59.3 Å². The van der Waals surface area contributed by atoms with Crippen LogP contribution in [0.3, 0.4) is 0 Å². The van der Waals surface area contributed by atoms with Crippen LogP contribution in [0.25, 0.3) is 6.08 Å². The lowest BCUT2D eigenvalue weighted by atomic mass is 10.1. The van der Waals surface area contributed by atoms with Crippen LogP contribution in [-0.2, 0) is 16.1 Å². The Hall–Kier alpha value is -2.84. The summed E-state index contributed by atoms with van der Waals surface area (Å²) in [5.74, 6) is -0.592. The van der Waals surface area contributed by atoms with Crippen LogP contribution in [0.1, 0.15) is 18.1 Å². The molecular formula is C19H15ClFNO3. The van der Waals surface area contributed by atoms with Crippen LogP contribution in [-0.4, -0.2) is 12.6 Å². The third kappa shape index (κ3) is 5.07. The maximum atomic E-state index is 13.7. The van der Waals surface area contributed by atoms with Gasteiger partial charge in [0.15, 0.2) is 0 Å². The minimum Gasteiger partial charge on any atom is -0.489 e. The van der Waals surface area contributed by atoms with Crippen LogP contribution in [0.4, 0.5) is 4.39 Å². The molecule has 0 spiro atoms. The van der Waals surface area contributed by atoms with Gasteiger partial charge in [-0.1, -0.05) is 29.8 Å². The van der Waals surface area contributed by atoms with Crippen molar-refractivity contribution in [3.8, 4) is 11.8 Å². The zero-order valence-electron chi connectivity index (χ0n) is 13.5. The van der Waals surface area contributed by atoms with Crippen molar-refractivity contribution in [3.05, 3.63) is 70.0 Å². The summed E-state index contributed by atoms with van der Waals surface area (Å²) in [6.07, 6.45) is 1.43. The van der Waals surface area contributed by atoms with E-state index in [2.05, 4.69) is 0 Å². The Bertz CT molecular complexity index is 805. The maximum absolute atomic E-state index is 13.7. The van der Waals surface area contributed by atoms with Gasteiger partial charge in [0, 0.05) is 5.56 Å². The molecule has 0 radical (unpaired) electrons. The first-order valence-electron chi connectivity index (χ1n) is 7.49. The Morgan fingerprint density at radius 1 is 1.28 bits per heavy atom. The number of carbonyl (C=O) groups is 1. The summed E-state index contributed by atoms with van der Waals surface area (Å²) in [5.41, 5.74) is 0.830. The van der Waals surface area contributed by atoms with E-state index in [0.717, 1.165) is 0 Å². The summed E-state index contributed by atoms with van der Waals surface area (Å²) in [6, 6.07) is 12.9. The molecule has 4 nitrogen and oxygen atoms in total. The van der Waals surface area contributed by atoms with E-state index < -0.39 is 11.8 Å². The predicted molar refractivity (Wildman–Crippen MR) is 92.4 cm³/mol. The molecule has 0 bridgehead atoms. The van der Waals surface area contributed by atoms with Crippen molar-refractivity contribution in [2.75, 3.05) is 6.61 Å². The molecule has 0 aliphatic heterocycles. The highest BCUT2D eigenvalue weighted by molar-refractivity contribution is 6.31. The van der Waals surface area contributed by atoms with Crippen LogP contribution in [0.5, 0.6) is 5.75 Å². The fraction of sp³-hybridized carbons (Fsp3) is 0.158. The standard InChI is InChI=1S/C19H15ClFNO3/c1-2-24-19(23)14(11-22)10-13-6-8-15(9-7-13)25-12-16-17(20)4-3-5-18(16)21/h3-10H,2,12H2,1H3/b14-10+. The number of carbonyl (C=O) groups excluding carboxylic acids is 1. The summed E-state index contributed by atoms with van der Waals surface area (Å²) in [5, 5.41) is 9.31. The lowest BCUT2D eigenvalue weighted by Crippen LogP contribution is -2.05. The number of esters is 1. The highest BCUT2D eigenvalue weighted by Crippen LogP contribution is 2.22. The number of nitrogens with zero attached hydrogens (tertiary/aromatic N) is 1. The Labute approximate surface area is 150 Å². The number of nitriles is 1. The summed E-state index contributed by atoms with van der Waals surface area (Å²) in [7, 11) is 0. The second-order valence-electron chi connectivity index (χ2n) is 4.95. The van der Waals surface area contributed by atoms with Crippen molar-refractivity contribution in [3.63, 3.8) is 0 Å². The van der Waals surface area contributed by atoms with Gasteiger partial charge in [0.1, 0.15) is 29.8 Å². The summed E-state index contributed by atoms with van der Waals surface area (Å²) >= 11 is 5.95. The van der Waals surface area contributed by atoms with Crippen molar-refractivity contribution >= 4 is 23.6 Å². The van der Waals surface area contributed by atoms with E-state index in [1.165, 1.54) is 18.2 Å². The highest BCUT2D eigenvalue weighted by Gasteiger charge is 2.10. The molecule has 0 aromatic heterocycles. The molecule has 0 N–H and O–H groups in total. The number of hydrogen-bond donors (Lipinski definition) is 0. The zero-order chi connectivity index (χ0) is 18.2. The number of benzene rings is 2. The molecule has 0 unspecified atom stereocenters. The van der Waals surface area contributed by atoms with E-state index in [-0.39, 0.29) is 24.4 Å². The lowest BCUT2D eigenvalue weighted by molar-refractivity contribution is -0.137. The third-order valence-corrected chi connectivity index (χ3v) is 3.61. The molecule has 2 rings (SSSR count). The van der Waals surface area contributed by atoms with Gasteiger partial charge in [0.05, 0.1) is 11.6 Å². The Balaban J connectivity index is 2.07. The monoisotopic (exact) mass is 359 g/mol. The average molecular weight is 360 g/mol. The molecule has 2 aromatic rings. The smallest absolute Gasteiger partial charge is 0.348 e. The van der Waals surface area contributed by atoms with Crippen molar-refractivity contribution in [1.82, 2.24) is 0 Å². The Morgan fingerprint density at radius 2 is 2.00 bits per heavy atom. The van der Waals surface area contributed by atoms with Crippen molar-refractivity contribution in [1.29, 1.82) is 5.26 Å². The second kappa shape index (κ2) is 8.86. The quantitative estimate of drug-likeness (QED) is 0.432. The van der Waals surface area contributed by atoms with Gasteiger partial charge >= 0.3 is 5.97 Å². The molecule has 0 saturated carbocycles. The van der Waals surface area contributed by atoms with E-state index >= 15 is 0 Å². The van der Waals surface area contributed by atoms with Crippen LogP contribution < -0.4 is 4.74 Å².